The summed E-state index contributed by atoms with van der Waals surface area (Å²) in [4.78, 5) is 14.2. The van der Waals surface area contributed by atoms with Crippen molar-refractivity contribution < 1.29 is 14.3 Å². The standard InChI is InChI=1S/C16H24N2O3/c1-3-20-14-8-4-5-9-15(14)21-12-16(19)17-13-7-6-10-18(2)11-13/h4-5,8-9,13H,3,6-7,10-12H2,1-2H3,(H,17,19)/t13-/m0/s1. The quantitative estimate of drug-likeness (QED) is 0.866. The summed E-state index contributed by atoms with van der Waals surface area (Å²) in [5.41, 5.74) is 0. The van der Waals surface area contributed by atoms with Crippen LogP contribution in [0.5, 0.6) is 11.5 Å². The second-order valence-electron chi connectivity index (χ2n) is 5.34. The lowest BCUT2D eigenvalue weighted by Gasteiger charge is -2.30. The van der Waals surface area contributed by atoms with Crippen LogP contribution in [0, 0.1) is 0 Å². The number of para-hydroxylation sites is 2. The molecule has 21 heavy (non-hydrogen) atoms. The van der Waals surface area contributed by atoms with Crippen molar-refractivity contribution in [2.45, 2.75) is 25.8 Å². The van der Waals surface area contributed by atoms with E-state index in [1.54, 1.807) is 0 Å². The highest BCUT2D eigenvalue weighted by Gasteiger charge is 2.19. The van der Waals surface area contributed by atoms with Crippen LogP contribution in [-0.4, -0.2) is 50.2 Å². The SMILES string of the molecule is CCOc1ccccc1OCC(=O)N[C@H]1CCCN(C)C1. The summed E-state index contributed by atoms with van der Waals surface area (Å²) in [6, 6.07) is 7.63. The Bertz CT molecular complexity index is 465. The number of carbonyl (C=O) groups is 1. The van der Waals surface area contributed by atoms with Gasteiger partial charge in [-0.25, -0.2) is 0 Å². The molecule has 0 aromatic heterocycles. The minimum atomic E-state index is -0.0819. The van der Waals surface area contributed by atoms with Crippen molar-refractivity contribution in [3.63, 3.8) is 0 Å². The van der Waals surface area contributed by atoms with E-state index in [1.807, 2.05) is 31.2 Å². The molecule has 1 amide bonds. The number of nitrogens with zero attached hydrogens (tertiary/aromatic N) is 1. The van der Waals surface area contributed by atoms with Gasteiger partial charge in [-0.3, -0.25) is 4.79 Å². The van der Waals surface area contributed by atoms with Gasteiger partial charge in [-0.15, -0.1) is 0 Å². The van der Waals surface area contributed by atoms with E-state index in [0.29, 0.717) is 18.1 Å². The fourth-order valence-corrected chi connectivity index (χ4v) is 2.54. The number of likely N-dealkylation sites (N-methyl/N-ethyl adjacent to an activating group) is 1. The molecular formula is C16H24N2O3. The van der Waals surface area contributed by atoms with Crippen LogP contribution in [0.3, 0.4) is 0 Å². The van der Waals surface area contributed by atoms with Gasteiger partial charge in [-0.1, -0.05) is 12.1 Å². The maximum absolute atomic E-state index is 12.0. The predicted octanol–water partition coefficient (Wildman–Crippen LogP) is 1.67. The number of ether oxygens (including phenoxy) is 2. The number of piperidine rings is 1. The first-order valence-corrected chi connectivity index (χ1v) is 7.51. The lowest BCUT2D eigenvalue weighted by Crippen LogP contribution is -2.47. The van der Waals surface area contributed by atoms with Crippen molar-refractivity contribution in [1.82, 2.24) is 10.2 Å². The van der Waals surface area contributed by atoms with E-state index in [-0.39, 0.29) is 18.6 Å². The number of amides is 1. The van der Waals surface area contributed by atoms with Gasteiger partial charge in [0, 0.05) is 12.6 Å². The normalized spacial score (nSPS) is 19.0. The fraction of sp³-hybridized carbons (Fsp3) is 0.562. The second-order valence-corrected chi connectivity index (χ2v) is 5.34. The van der Waals surface area contributed by atoms with Crippen LogP contribution in [0.1, 0.15) is 19.8 Å². The zero-order chi connectivity index (χ0) is 15.1. The Morgan fingerprint density at radius 3 is 2.71 bits per heavy atom. The highest BCUT2D eigenvalue weighted by molar-refractivity contribution is 5.78. The number of nitrogens with one attached hydrogen (secondary N) is 1. The topological polar surface area (TPSA) is 50.8 Å². The molecule has 0 bridgehead atoms. The molecule has 5 nitrogen and oxygen atoms in total. The van der Waals surface area contributed by atoms with Crippen LogP contribution >= 0.6 is 0 Å². The first-order valence-electron chi connectivity index (χ1n) is 7.51. The number of rotatable bonds is 6. The van der Waals surface area contributed by atoms with Gasteiger partial charge in [-0.05, 0) is 45.5 Å². The van der Waals surface area contributed by atoms with Crippen LogP contribution in [0.15, 0.2) is 24.3 Å². The van der Waals surface area contributed by atoms with Gasteiger partial charge in [0.2, 0.25) is 0 Å². The maximum Gasteiger partial charge on any atom is 0.258 e. The highest BCUT2D eigenvalue weighted by atomic mass is 16.5. The van der Waals surface area contributed by atoms with Gasteiger partial charge in [0.25, 0.3) is 5.91 Å². The Kier molecular flexibility index (Phi) is 5.87. The Morgan fingerprint density at radius 2 is 2.05 bits per heavy atom. The minimum Gasteiger partial charge on any atom is -0.490 e. The molecule has 0 radical (unpaired) electrons. The molecule has 1 aliphatic heterocycles. The van der Waals surface area contributed by atoms with Gasteiger partial charge in [0.15, 0.2) is 18.1 Å². The summed E-state index contributed by atoms with van der Waals surface area (Å²) in [5, 5.41) is 3.02. The van der Waals surface area contributed by atoms with Crippen molar-refractivity contribution >= 4 is 5.91 Å². The molecule has 0 saturated carbocycles. The van der Waals surface area contributed by atoms with Crippen molar-refractivity contribution in [2.24, 2.45) is 0 Å². The molecule has 1 aromatic carbocycles. The molecule has 1 atom stereocenters. The lowest BCUT2D eigenvalue weighted by molar-refractivity contribution is -0.124. The molecule has 1 aliphatic rings. The molecule has 1 saturated heterocycles. The van der Waals surface area contributed by atoms with Gasteiger partial charge < -0.3 is 19.7 Å². The van der Waals surface area contributed by atoms with E-state index in [0.717, 1.165) is 25.9 Å². The third-order valence-corrected chi connectivity index (χ3v) is 3.50. The summed E-state index contributed by atoms with van der Waals surface area (Å²) < 4.78 is 11.0. The summed E-state index contributed by atoms with van der Waals surface area (Å²) in [6.45, 7) is 4.51. The van der Waals surface area contributed by atoms with Crippen molar-refractivity contribution in [3.8, 4) is 11.5 Å². The van der Waals surface area contributed by atoms with Crippen LogP contribution in [0.2, 0.25) is 0 Å². The van der Waals surface area contributed by atoms with E-state index in [1.165, 1.54) is 0 Å². The van der Waals surface area contributed by atoms with Gasteiger partial charge in [0.1, 0.15) is 0 Å². The Balaban J connectivity index is 1.81. The van der Waals surface area contributed by atoms with E-state index in [9.17, 15) is 4.79 Å². The second kappa shape index (κ2) is 7.88. The smallest absolute Gasteiger partial charge is 0.258 e. The van der Waals surface area contributed by atoms with Crippen molar-refractivity contribution in [2.75, 3.05) is 33.4 Å². The highest BCUT2D eigenvalue weighted by Crippen LogP contribution is 2.26. The van der Waals surface area contributed by atoms with E-state index >= 15 is 0 Å². The number of hydrogen-bond acceptors (Lipinski definition) is 4. The summed E-state index contributed by atoms with van der Waals surface area (Å²) in [6.07, 6.45) is 2.15. The van der Waals surface area contributed by atoms with Gasteiger partial charge in [-0.2, -0.15) is 0 Å². The van der Waals surface area contributed by atoms with Gasteiger partial charge in [0.05, 0.1) is 6.61 Å². The Hall–Kier alpha value is -1.75. The van der Waals surface area contributed by atoms with Gasteiger partial charge >= 0.3 is 0 Å². The molecule has 0 spiro atoms. The molecule has 1 N–H and O–H groups in total. The third kappa shape index (κ3) is 4.93. The Morgan fingerprint density at radius 1 is 1.33 bits per heavy atom. The zero-order valence-electron chi connectivity index (χ0n) is 12.8. The number of benzene rings is 1. The molecule has 1 heterocycles. The van der Waals surface area contributed by atoms with Crippen LogP contribution in [-0.2, 0) is 4.79 Å². The molecule has 116 valence electrons. The largest absolute Gasteiger partial charge is 0.490 e. The minimum absolute atomic E-state index is 0.0182. The molecule has 0 unspecified atom stereocenters. The Labute approximate surface area is 126 Å². The van der Waals surface area contributed by atoms with E-state index in [2.05, 4.69) is 17.3 Å². The average molecular weight is 292 g/mol. The number of likely N-dealkylation sites (tertiary alicyclic amines) is 1. The number of carbonyl (C=O) groups excluding carboxylic acids is 1. The molecule has 5 heteroatoms. The van der Waals surface area contributed by atoms with Crippen LogP contribution in [0.25, 0.3) is 0 Å². The maximum atomic E-state index is 12.0. The first kappa shape index (κ1) is 15.6. The van der Waals surface area contributed by atoms with E-state index < -0.39 is 0 Å². The van der Waals surface area contributed by atoms with Crippen molar-refractivity contribution in [1.29, 1.82) is 0 Å². The lowest BCUT2D eigenvalue weighted by atomic mass is 10.1. The predicted molar refractivity (Wildman–Crippen MR) is 81.8 cm³/mol. The van der Waals surface area contributed by atoms with Crippen molar-refractivity contribution in [3.05, 3.63) is 24.3 Å². The van der Waals surface area contributed by atoms with Crippen LogP contribution in [0.4, 0.5) is 0 Å². The third-order valence-electron chi connectivity index (χ3n) is 3.50. The zero-order valence-corrected chi connectivity index (χ0v) is 12.8. The molecular weight excluding hydrogens is 268 g/mol. The summed E-state index contributed by atoms with van der Waals surface area (Å²) in [5.74, 6) is 1.20. The summed E-state index contributed by atoms with van der Waals surface area (Å²) >= 11 is 0. The monoisotopic (exact) mass is 292 g/mol. The molecule has 0 aliphatic carbocycles. The summed E-state index contributed by atoms with van der Waals surface area (Å²) in [7, 11) is 2.08. The van der Waals surface area contributed by atoms with E-state index in [4.69, 9.17) is 9.47 Å². The fourth-order valence-electron chi connectivity index (χ4n) is 2.54. The van der Waals surface area contributed by atoms with Crippen LogP contribution < -0.4 is 14.8 Å². The average Bonchev–Trinajstić information content (AvgIpc) is 2.47. The molecule has 1 fully saturated rings. The first-order chi connectivity index (χ1) is 10.2. The molecule has 1 aromatic rings. The molecule has 2 rings (SSSR count). The number of hydrogen-bond donors (Lipinski definition) is 1.